The van der Waals surface area contributed by atoms with Gasteiger partial charge in [-0.15, -0.1) is 0 Å². The third-order valence-corrected chi connectivity index (χ3v) is 5.91. The predicted molar refractivity (Wildman–Crippen MR) is 108 cm³/mol. The van der Waals surface area contributed by atoms with E-state index in [1.165, 1.54) is 0 Å². The third-order valence-electron chi connectivity index (χ3n) is 5.05. The van der Waals surface area contributed by atoms with E-state index in [2.05, 4.69) is 0 Å². The molecule has 1 aliphatic rings. The highest BCUT2D eigenvalue weighted by Gasteiger charge is 2.64. The van der Waals surface area contributed by atoms with Gasteiger partial charge in [-0.1, -0.05) is 47.5 Å². The summed E-state index contributed by atoms with van der Waals surface area (Å²) in [4.78, 5) is 24.2. The maximum atomic E-state index is 12.4. The number of amides is 1. The van der Waals surface area contributed by atoms with Crippen molar-refractivity contribution in [1.82, 2.24) is 5.48 Å². The highest BCUT2D eigenvalue weighted by Crippen LogP contribution is 2.56. The molecule has 0 radical (unpaired) electrons. The van der Waals surface area contributed by atoms with Crippen LogP contribution in [0.2, 0.25) is 10.0 Å². The van der Waals surface area contributed by atoms with Gasteiger partial charge >= 0.3 is 5.97 Å². The average molecular weight is 438 g/mol. The first kappa shape index (κ1) is 21.4. The lowest BCUT2D eigenvalue weighted by Gasteiger charge is -2.16. The van der Waals surface area contributed by atoms with E-state index in [9.17, 15) is 9.59 Å². The van der Waals surface area contributed by atoms with E-state index in [-0.39, 0.29) is 13.2 Å². The number of hydrogen-bond donors (Lipinski definition) is 2. The fourth-order valence-corrected chi connectivity index (χ4v) is 3.76. The van der Waals surface area contributed by atoms with Crippen LogP contribution >= 0.6 is 23.2 Å². The molecule has 1 saturated carbocycles. The molecule has 0 unspecified atom stereocenters. The Morgan fingerprint density at radius 3 is 2.59 bits per heavy atom. The quantitative estimate of drug-likeness (QED) is 0.367. The maximum absolute atomic E-state index is 12.4. The van der Waals surface area contributed by atoms with E-state index >= 15 is 0 Å². The van der Waals surface area contributed by atoms with E-state index in [1.807, 2.05) is 18.2 Å². The van der Waals surface area contributed by atoms with Crippen LogP contribution in [0.3, 0.4) is 0 Å². The van der Waals surface area contributed by atoms with E-state index in [1.54, 1.807) is 36.7 Å². The minimum absolute atomic E-state index is 0.229. The second-order valence-electron chi connectivity index (χ2n) is 6.93. The number of ether oxygens (including phenoxy) is 2. The number of carbonyl (C=O) groups excluding carboxylic acids is 2. The van der Waals surface area contributed by atoms with Gasteiger partial charge in [0.1, 0.15) is 12.4 Å². The Morgan fingerprint density at radius 1 is 1.21 bits per heavy atom. The second kappa shape index (κ2) is 9.03. The molecule has 0 heterocycles. The van der Waals surface area contributed by atoms with Crippen LogP contribution in [0.25, 0.3) is 0 Å². The first-order chi connectivity index (χ1) is 13.9. The van der Waals surface area contributed by atoms with Crippen molar-refractivity contribution >= 4 is 35.1 Å². The molecule has 0 aliphatic heterocycles. The number of rotatable bonds is 8. The molecule has 2 aromatic rings. The summed E-state index contributed by atoms with van der Waals surface area (Å²) >= 11 is 12.2. The molecular weight excluding hydrogens is 417 g/mol. The van der Waals surface area contributed by atoms with Gasteiger partial charge in [-0.2, -0.15) is 0 Å². The maximum Gasteiger partial charge on any atom is 0.313 e. The van der Waals surface area contributed by atoms with Gasteiger partial charge in [0.2, 0.25) is 5.91 Å². The lowest BCUT2D eigenvalue weighted by molar-refractivity contribution is -0.152. The molecule has 0 aromatic heterocycles. The monoisotopic (exact) mass is 437 g/mol. The molecule has 154 valence electrons. The van der Waals surface area contributed by atoms with Crippen molar-refractivity contribution in [2.45, 2.75) is 26.4 Å². The largest absolute Gasteiger partial charge is 0.489 e. The molecule has 1 aliphatic carbocycles. The lowest BCUT2D eigenvalue weighted by Crippen LogP contribution is -2.30. The Bertz CT molecular complexity index is 902. The molecule has 0 bridgehead atoms. The first-order valence-electron chi connectivity index (χ1n) is 9.17. The Hall–Kier alpha value is -2.28. The number of halogens is 2. The minimum atomic E-state index is -0.945. The zero-order valence-electron chi connectivity index (χ0n) is 15.8. The standard InChI is InChI=1S/C21H21Cl2NO5/c1-2-28-20(26)21(11-16(21)19(25)24-27)10-13-6-8-15(9-7-13)29-12-14-4-3-5-17(22)18(14)23/h3-9,16,27H,2,10-12H2,1H3,(H,24,25)/t16-,21+/m1/s1. The molecule has 2 N–H and O–H groups in total. The van der Waals surface area contributed by atoms with Crippen LogP contribution in [0, 0.1) is 11.3 Å². The summed E-state index contributed by atoms with van der Waals surface area (Å²) in [6.45, 7) is 2.21. The first-order valence-corrected chi connectivity index (χ1v) is 9.92. The van der Waals surface area contributed by atoms with Gasteiger partial charge < -0.3 is 9.47 Å². The molecule has 0 saturated heterocycles. The summed E-state index contributed by atoms with van der Waals surface area (Å²) in [7, 11) is 0. The third kappa shape index (κ3) is 4.66. The van der Waals surface area contributed by atoms with Crippen molar-refractivity contribution in [3.8, 4) is 5.75 Å². The van der Waals surface area contributed by atoms with Gasteiger partial charge in [-0.25, -0.2) is 5.48 Å². The van der Waals surface area contributed by atoms with Crippen LogP contribution in [0.5, 0.6) is 5.75 Å². The van der Waals surface area contributed by atoms with E-state index in [4.69, 9.17) is 37.9 Å². The molecule has 1 fully saturated rings. The van der Waals surface area contributed by atoms with Crippen molar-refractivity contribution in [2.24, 2.45) is 11.3 Å². The van der Waals surface area contributed by atoms with E-state index in [0.717, 1.165) is 11.1 Å². The number of carbonyl (C=O) groups is 2. The van der Waals surface area contributed by atoms with Crippen molar-refractivity contribution in [3.63, 3.8) is 0 Å². The van der Waals surface area contributed by atoms with Gasteiger partial charge in [0, 0.05) is 5.56 Å². The van der Waals surface area contributed by atoms with Gasteiger partial charge in [0.05, 0.1) is 28.0 Å². The van der Waals surface area contributed by atoms with Crippen LogP contribution in [0.15, 0.2) is 42.5 Å². The minimum Gasteiger partial charge on any atom is -0.489 e. The van der Waals surface area contributed by atoms with Crippen molar-refractivity contribution in [1.29, 1.82) is 0 Å². The SMILES string of the molecule is CCOC(=O)[C@@]1(Cc2ccc(OCc3cccc(Cl)c3Cl)cc2)C[C@@H]1C(=O)NO. The van der Waals surface area contributed by atoms with Crippen molar-refractivity contribution in [2.75, 3.05) is 6.61 Å². The second-order valence-corrected chi connectivity index (χ2v) is 7.72. The lowest BCUT2D eigenvalue weighted by atomic mass is 9.93. The summed E-state index contributed by atoms with van der Waals surface area (Å²) in [5, 5.41) is 9.83. The van der Waals surface area contributed by atoms with Gasteiger partial charge in [0.25, 0.3) is 0 Å². The number of benzene rings is 2. The van der Waals surface area contributed by atoms with Gasteiger partial charge in [-0.3, -0.25) is 14.8 Å². The molecule has 6 nitrogen and oxygen atoms in total. The smallest absolute Gasteiger partial charge is 0.313 e. The number of esters is 1. The van der Waals surface area contributed by atoms with Gasteiger partial charge in [-0.05, 0) is 43.5 Å². The van der Waals surface area contributed by atoms with Crippen LogP contribution in [-0.2, 0) is 27.4 Å². The molecule has 0 spiro atoms. The Balaban J connectivity index is 1.67. The van der Waals surface area contributed by atoms with Crippen LogP contribution < -0.4 is 10.2 Å². The summed E-state index contributed by atoms with van der Waals surface area (Å²) in [6.07, 6.45) is 0.675. The number of nitrogens with one attached hydrogen (secondary N) is 1. The van der Waals surface area contributed by atoms with Crippen LogP contribution in [0.4, 0.5) is 0 Å². The highest BCUT2D eigenvalue weighted by atomic mass is 35.5. The van der Waals surface area contributed by atoms with Gasteiger partial charge in [0.15, 0.2) is 0 Å². The zero-order valence-corrected chi connectivity index (χ0v) is 17.3. The molecule has 3 rings (SSSR count). The summed E-state index contributed by atoms with van der Waals surface area (Å²) < 4.78 is 10.9. The fraction of sp³-hybridized carbons (Fsp3) is 0.333. The molecule has 1 amide bonds. The Kier molecular flexibility index (Phi) is 6.67. The topological polar surface area (TPSA) is 84.9 Å². The molecule has 8 heteroatoms. The molecule has 2 aromatic carbocycles. The fourth-order valence-electron chi connectivity index (χ4n) is 3.38. The molecular formula is C21H21Cl2NO5. The number of hydroxylamine groups is 1. The van der Waals surface area contributed by atoms with Crippen molar-refractivity contribution in [3.05, 3.63) is 63.6 Å². The molecule has 2 atom stereocenters. The zero-order chi connectivity index (χ0) is 21.0. The summed E-state index contributed by atoms with van der Waals surface area (Å²) in [5.41, 5.74) is 2.32. The normalized spacial score (nSPS) is 20.1. The van der Waals surface area contributed by atoms with E-state index in [0.29, 0.717) is 28.6 Å². The molecule has 29 heavy (non-hydrogen) atoms. The Morgan fingerprint density at radius 2 is 1.93 bits per heavy atom. The highest BCUT2D eigenvalue weighted by molar-refractivity contribution is 6.42. The Labute approximate surface area is 178 Å². The predicted octanol–water partition coefficient (Wildman–Crippen LogP) is 4.19. The number of hydrogen-bond acceptors (Lipinski definition) is 5. The van der Waals surface area contributed by atoms with E-state index < -0.39 is 23.2 Å². The summed E-state index contributed by atoms with van der Waals surface area (Å²) in [6, 6.07) is 12.6. The van der Waals surface area contributed by atoms with Crippen LogP contribution in [-0.4, -0.2) is 23.7 Å². The summed E-state index contributed by atoms with van der Waals surface area (Å²) in [5.74, 6) is -0.969. The van der Waals surface area contributed by atoms with Crippen LogP contribution in [0.1, 0.15) is 24.5 Å². The average Bonchev–Trinajstić information content (AvgIpc) is 3.45. The van der Waals surface area contributed by atoms with Crippen molar-refractivity contribution < 1.29 is 24.3 Å².